The molecule has 0 spiro atoms. The van der Waals surface area contributed by atoms with Crippen LogP contribution in [0.15, 0.2) is 47.0 Å². The lowest BCUT2D eigenvalue weighted by Crippen LogP contribution is -2.23. The van der Waals surface area contributed by atoms with E-state index in [-0.39, 0.29) is 5.91 Å². The van der Waals surface area contributed by atoms with Crippen LogP contribution in [-0.2, 0) is 9.63 Å². The van der Waals surface area contributed by atoms with E-state index in [9.17, 15) is 9.90 Å². The average molecular weight is 416 g/mol. The van der Waals surface area contributed by atoms with Gasteiger partial charge in [0.15, 0.2) is 6.23 Å². The van der Waals surface area contributed by atoms with Gasteiger partial charge in [0.2, 0.25) is 5.91 Å². The van der Waals surface area contributed by atoms with Crippen molar-refractivity contribution < 1.29 is 19.2 Å². The Kier molecular flexibility index (Phi) is 6.34. The van der Waals surface area contributed by atoms with Gasteiger partial charge in [0, 0.05) is 36.9 Å². The number of anilines is 1. The Morgan fingerprint density at radius 3 is 2.69 bits per heavy atom. The van der Waals surface area contributed by atoms with Crippen LogP contribution in [0.1, 0.15) is 24.3 Å². The summed E-state index contributed by atoms with van der Waals surface area (Å²) in [6, 6.07) is 10.7. The fourth-order valence-electron chi connectivity index (χ4n) is 2.92. The fourth-order valence-corrected chi connectivity index (χ4v) is 3.14. The lowest BCUT2D eigenvalue weighted by Gasteiger charge is -2.20. The smallest absolute Gasteiger partial charge is 0.222 e. The molecule has 152 valence electrons. The number of amides is 1. The van der Waals surface area contributed by atoms with E-state index >= 15 is 0 Å². The number of benzene rings is 1. The van der Waals surface area contributed by atoms with Gasteiger partial charge in [-0.05, 0) is 36.8 Å². The van der Waals surface area contributed by atoms with Gasteiger partial charge in [0.25, 0.3) is 0 Å². The van der Waals surface area contributed by atoms with Crippen LogP contribution in [0.3, 0.4) is 0 Å². The molecule has 0 aliphatic carbocycles. The van der Waals surface area contributed by atoms with Crippen molar-refractivity contribution >= 4 is 23.3 Å². The molecule has 1 amide bonds. The summed E-state index contributed by atoms with van der Waals surface area (Å²) in [6.45, 7) is 3.30. The Labute approximate surface area is 173 Å². The quantitative estimate of drug-likeness (QED) is 0.458. The summed E-state index contributed by atoms with van der Waals surface area (Å²) in [5.41, 5.74) is 2.72. The summed E-state index contributed by atoms with van der Waals surface area (Å²) >= 11 is 6.37. The van der Waals surface area contributed by atoms with E-state index in [2.05, 4.69) is 10.3 Å². The molecule has 1 atom stereocenters. The topological polar surface area (TPSA) is 87.8 Å². The molecule has 0 bridgehead atoms. The van der Waals surface area contributed by atoms with Crippen molar-refractivity contribution in [2.75, 3.05) is 19.5 Å². The SMILES string of the molecule is CON(C)C(O)c1cc(-c2cc(NC(C)=O)ncc2C)oc1-c1ccccc1Cl. The zero-order valence-electron chi connectivity index (χ0n) is 16.6. The number of nitrogens with one attached hydrogen (secondary N) is 1. The first-order chi connectivity index (χ1) is 13.8. The number of halogens is 1. The monoisotopic (exact) mass is 415 g/mol. The second-order valence-electron chi connectivity index (χ2n) is 6.54. The first-order valence-corrected chi connectivity index (χ1v) is 9.27. The minimum Gasteiger partial charge on any atom is -0.456 e. The molecule has 2 heterocycles. The van der Waals surface area contributed by atoms with E-state index < -0.39 is 6.23 Å². The zero-order valence-corrected chi connectivity index (χ0v) is 17.3. The third-order valence-electron chi connectivity index (χ3n) is 4.46. The molecular weight excluding hydrogens is 394 g/mol. The van der Waals surface area contributed by atoms with E-state index in [1.54, 1.807) is 31.4 Å². The van der Waals surface area contributed by atoms with Crippen molar-refractivity contribution in [1.29, 1.82) is 0 Å². The van der Waals surface area contributed by atoms with Crippen molar-refractivity contribution in [3.63, 3.8) is 0 Å². The number of furan rings is 1. The third-order valence-corrected chi connectivity index (χ3v) is 4.79. The van der Waals surface area contributed by atoms with Crippen molar-refractivity contribution in [1.82, 2.24) is 10.0 Å². The molecule has 0 radical (unpaired) electrons. The van der Waals surface area contributed by atoms with Crippen LogP contribution in [0, 0.1) is 6.92 Å². The highest BCUT2D eigenvalue weighted by molar-refractivity contribution is 6.33. The summed E-state index contributed by atoms with van der Waals surface area (Å²) in [7, 11) is 3.08. The Morgan fingerprint density at radius 2 is 2.03 bits per heavy atom. The number of pyridine rings is 1. The molecule has 7 nitrogen and oxygen atoms in total. The van der Waals surface area contributed by atoms with Gasteiger partial charge in [0.05, 0.1) is 12.1 Å². The summed E-state index contributed by atoms with van der Waals surface area (Å²) in [5.74, 6) is 1.12. The number of aryl methyl sites for hydroxylation is 1. The van der Waals surface area contributed by atoms with Gasteiger partial charge in [-0.15, -0.1) is 0 Å². The van der Waals surface area contributed by atoms with Crippen LogP contribution in [0.25, 0.3) is 22.6 Å². The molecule has 1 aromatic carbocycles. The number of hydroxylamine groups is 2. The zero-order chi connectivity index (χ0) is 21.1. The maximum Gasteiger partial charge on any atom is 0.222 e. The summed E-state index contributed by atoms with van der Waals surface area (Å²) < 4.78 is 6.16. The predicted molar refractivity (Wildman–Crippen MR) is 111 cm³/mol. The Balaban J connectivity index is 2.17. The molecule has 8 heteroatoms. The van der Waals surface area contributed by atoms with Crippen LogP contribution in [-0.4, -0.2) is 35.2 Å². The number of hydrogen-bond donors (Lipinski definition) is 2. The Morgan fingerprint density at radius 1 is 1.31 bits per heavy atom. The predicted octanol–water partition coefficient (Wildman–Crippen LogP) is 4.41. The summed E-state index contributed by atoms with van der Waals surface area (Å²) in [6.07, 6.45) is 0.566. The molecule has 0 aliphatic heterocycles. The number of aliphatic hydroxyl groups is 1. The van der Waals surface area contributed by atoms with E-state index in [1.165, 1.54) is 19.1 Å². The highest BCUT2D eigenvalue weighted by atomic mass is 35.5. The molecular formula is C21H22ClN3O4. The average Bonchev–Trinajstić information content (AvgIpc) is 3.13. The normalized spacial score (nSPS) is 12.2. The summed E-state index contributed by atoms with van der Waals surface area (Å²) in [5, 5.41) is 15.2. The first kappa shape index (κ1) is 21.0. The number of aliphatic hydroxyl groups excluding tert-OH is 1. The molecule has 3 aromatic rings. The first-order valence-electron chi connectivity index (χ1n) is 8.90. The Bertz CT molecular complexity index is 1030. The number of carbonyl (C=O) groups is 1. The van der Waals surface area contributed by atoms with Crippen LogP contribution >= 0.6 is 11.6 Å². The lowest BCUT2D eigenvalue weighted by molar-refractivity contribution is -0.206. The molecule has 1 unspecified atom stereocenters. The van der Waals surface area contributed by atoms with Crippen molar-refractivity contribution in [2.24, 2.45) is 0 Å². The molecule has 0 saturated carbocycles. The van der Waals surface area contributed by atoms with E-state index in [0.717, 1.165) is 11.1 Å². The van der Waals surface area contributed by atoms with E-state index in [1.807, 2.05) is 25.1 Å². The third kappa shape index (κ3) is 4.49. The lowest BCUT2D eigenvalue weighted by atomic mass is 10.1. The number of aromatic nitrogens is 1. The standard InChI is InChI=1S/C21H22ClN3O4/c1-12-11-23-19(24-13(2)26)10-15(12)18-9-16(21(27)25(3)28-4)20(29-18)14-7-5-6-8-17(14)22/h5-11,21,27H,1-4H3,(H,23,24,26). The van der Waals surface area contributed by atoms with E-state index in [0.29, 0.717) is 33.5 Å². The largest absolute Gasteiger partial charge is 0.456 e. The maximum atomic E-state index is 11.4. The van der Waals surface area contributed by atoms with Crippen molar-refractivity contribution in [3.8, 4) is 22.6 Å². The van der Waals surface area contributed by atoms with Gasteiger partial charge < -0.3 is 14.8 Å². The van der Waals surface area contributed by atoms with Crippen LogP contribution in [0.5, 0.6) is 0 Å². The highest BCUT2D eigenvalue weighted by Crippen LogP contribution is 2.40. The van der Waals surface area contributed by atoms with Gasteiger partial charge >= 0.3 is 0 Å². The molecule has 2 N–H and O–H groups in total. The Hall–Kier alpha value is -2.71. The summed E-state index contributed by atoms with van der Waals surface area (Å²) in [4.78, 5) is 20.7. The number of rotatable bonds is 6. The van der Waals surface area contributed by atoms with Crippen LogP contribution in [0.4, 0.5) is 5.82 Å². The number of carbonyl (C=O) groups excluding carboxylic acids is 1. The van der Waals surface area contributed by atoms with Gasteiger partial charge in [-0.3, -0.25) is 9.63 Å². The van der Waals surface area contributed by atoms with Gasteiger partial charge in [-0.25, -0.2) is 4.98 Å². The molecule has 0 fully saturated rings. The highest BCUT2D eigenvalue weighted by Gasteiger charge is 2.25. The fraction of sp³-hybridized carbons (Fsp3) is 0.238. The van der Waals surface area contributed by atoms with E-state index in [4.69, 9.17) is 20.9 Å². The van der Waals surface area contributed by atoms with Crippen LogP contribution < -0.4 is 5.32 Å². The second kappa shape index (κ2) is 8.75. The number of nitrogens with zero attached hydrogens (tertiary/aromatic N) is 2. The molecule has 2 aromatic heterocycles. The van der Waals surface area contributed by atoms with Crippen molar-refractivity contribution in [3.05, 3.63) is 58.7 Å². The number of hydrogen-bond acceptors (Lipinski definition) is 6. The van der Waals surface area contributed by atoms with Gasteiger partial charge in [-0.1, -0.05) is 23.7 Å². The van der Waals surface area contributed by atoms with Gasteiger partial charge in [0.1, 0.15) is 17.3 Å². The maximum absolute atomic E-state index is 11.4. The van der Waals surface area contributed by atoms with Gasteiger partial charge in [-0.2, -0.15) is 5.06 Å². The van der Waals surface area contributed by atoms with Crippen molar-refractivity contribution in [2.45, 2.75) is 20.1 Å². The minimum atomic E-state index is -1.08. The molecule has 3 rings (SSSR count). The molecule has 0 aliphatic rings. The van der Waals surface area contributed by atoms with Crippen LogP contribution in [0.2, 0.25) is 5.02 Å². The second-order valence-corrected chi connectivity index (χ2v) is 6.95. The molecule has 0 saturated heterocycles. The molecule has 29 heavy (non-hydrogen) atoms. The minimum absolute atomic E-state index is 0.221.